The third-order valence-electron chi connectivity index (χ3n) is 6.09. The van der Waals surface area contributed by atoms with Crippen molar-refractivity contribution in [3.63, 3.8) is 0 Å². The maximum atomic E-state index is 14.1. The summed E-state index contributed by atoms with van der Waals surface area (Å²) in [6.45, 7) is 4.95. The lowest BCUT2D eigenvalue weighted by Gasteiger charge is -2.35. The van der Waals surface area contributed by atoms with E-state index >= 15 is 0 Å². The van der Waals surface area contributed by atoms with Crippen molar-refractivity contribution in [2.45, 2.75) is 38.8 Å². The number of primary amides is 1. The Morgan fingerprint density at radius 1 is 1.23 bits per heavy atom. The number of rotatable bonds is 8. The number of nitrogens with two attached hydrogens (primary N) is 1. The number of ether oxygens (including phenoxy) is 1. The van der Waals surface area contributed by atoms with Crippen LogP contribution in [0.3, 0.4) is 0 Å². The van der Waals surface area contributed by atoms with Gasteiger partial charge in [-0.25, -0.2) is 8.78 Å². The quantitative estimate of drug-likeness (QED) is 0.550. The van der Waals surface area contributed by atoms with E-state index in [9.17, 15) is 13.6 Å². The number of aryl methyl sites for hydroxylation is 1. The summed E-state index contributed by atoms with van der Waals surface area (Å²) in [6.07, 6.45) is 4.42. The third-order valence-corrected chi connectivity index (χ3v) is 6.09. The number of hydrogen-bond donors (Lipinski definition) is 1. The molecule has 2 aromatic carbocycles. The van der Waals surface area contributed by atoms with Crippen LogP contribution in [0, 0.1) is 11.6 Å². The highest BCUT2D eigenvalue weighted by atomic mass is 19.1. The van der Waals surface area contributed by atoms with Crippen LogP contribution in [-0.4, -0.2) is 41.1 Å². The van der Waals surface area contributed by atoms with Gasteiger partial charge in [0.15, 0.2) is 11.6 Å². The molecule has 1 aromatic heterocycles. The van der Waals surface area contributed by atoms with Crippen LogP contribution < -0.4 is 10.5 Å². The number of unbranched alkanes of at least 4 members (excludes halogenated alkanes) is 1. The summed E-state index contributed by atoms with van der Waals surface area (Å²) >= 11 is 0. The van der Waals surface area contributed by atoms with E-state index in [0.29, 0.717) is 24.2 Å². The van der Waals surface area contributed by atoms with Gasteiger partial charge in [-0.1, -0.05) is 6.92 Å². The second-order valence-electron chi connectivity index (χ2n) is 7.98. The smallest absolute Gasteiger partial charge is 0.249 e. The zero-order chi connectivity index (χ0) is 22.0. The predicted molar refractivity (Wildman–Crippen MR) is 116 cm³/mol. The maximum Gasteiger partial charge on any atom is 0.249 e. The highest BCUT2D eigenvalue weighted by molar-refractivity contribution is 5.95. The molecule has 0 saturated heterocycles. The molecule has 1 amide bonds. The molecule has 1 atom stereocenters. The zero-order valence-electron chi connectivity index (χ0n) is 17.6. The lowest BCUT2D eigenvalue weighted by atomic mass is 9.95. The summed E-state index contributed by atoms with van der Waals surface area (Å²) in [4.78, 5) is 14.1. The molecule has 0 aliphatic carbocycles. The average Bonchev–Trinajstić information content (AvgIpc) is 3.15. The first-order chi connectivity index (χ1) is 15.0. The molecule has 0 saturated carbocycles. The Balaban J connectivity index is 1.37. The van der Waals surface area contributed by atoms with E-state index in [-0.39, 0.29) is 17.6 Å². The summed E-state index contributed by atoms with van der Waals surface area (Å²) in [7, 11) is 0. The van der Waals surface area contributed by atoms with Crippen LogP contribution in [0.2, 0.25) is 0 Å². The van der Waals surface area contributed by atoms with E-state index < -0.39 is 11.7 Å². The summed E-state index contributed by atoms with van der Waals surface area (Å²) in [6, 6.07) is 9.56. The summed E-state index contributed by atoms with van der Waals surface area (Å²) < 4.78 is 35.5. The molecule has 7 heteroatoms. The number of aromatic nitrogens is 1. The molecule has 0 bridgehead atoms. The van der Waals surface area contributed by atoms with Gasteiger partial charge in [-0.15, -0.1) is 0 Å². The van der Waals surface area contributed by atoms with Crippen LogP contribution >= 0.6 is 0 Å². The van der Waals surface area contributed by atoms with Crippen molar-refractivity contribution >= 4 is 16.8 Å². The number of likely N-dealkylation sites (N-methyl/N-ethyl adjacent to an activating group) is 1. The number of nitrogens with zero attached hydrogens (tertiary/aromatic N) is 2. The van der Waals surface area contributed by atoms with Crippen molar-refractivity contribution in [2.75, 3.05) is 19.7 Å². The highest BCUT2D eigenvalue weighted by Crippen LogP contribution is 2.32. The van der Waals surface area contributed by atoms with Crippen molar-refractivity contribution in [3.8, 4) is 5.75 Å². The molecule has 1 unspecified atom stereocenters. The Morgan fingerprint density at radius 3 is 2.84 bits per heavy atom. The van der Waals surface area contributed by atoms with Crippen molar-refractivity contribution < 1.29 is 18.3 Å². The fraction of sp³-hybridized carbons (Fsp3) is 0.375. The summed E-state index contributed by atoms with van der Waals surface area (Å²) in [5, 5.41) is 1.03. The van der Waals surface area contributed by atoms with Gasteiger partial charge in [0, 0.05) is 29.9 Å². The van der Waals surface area contributed by atoms with Gasteiger partial charge < -0.3 is 15.0 Å². The van der Waals surface area contributed by atoms with Gasteiger partial charge >= 0.3 is 0 Å². The average molecular weight is 427 g/mol. The van der Waals surface area contributed by atoms with Crippen LogP contribution in [0.1, 0.15) is 35.7 Å². The number of amides is 1. The van der Waals surface area contributed by atoms with Crippen LogP contribution in [0.15, 0.2) is 42.6 Å². The van der Waals surface area contributed by atoms with E-state index in [1.807, 2.05) is 12.3 Å². The Morgan fingerprint density at radius 2 is 2.06 bits per heavy atom. The lowest BCUT2D eigenvalue weighted by molar-refractivity contribution is 0.0987. The molecular weight excluding hydrogens is 400 g/mol. The van der Waals surface area contributed by atoms with Gasteiger partial charge in [-0.2, -0.15) is 0 Å². The minimum absolute atomic E-state index is 0.0545. The van der Waals surface area contributed by atoms with Gasteiger partial charge in [-0.05, 0) is 74.1 Å². The van der Waals surface area contributed by atoms with Crippen LogP contribution in [0.25, 0.3) is 10.9 Å². The number of carbonyl (C=O) groups excluding carboxylic acids is 1. The second-order valence-corrected chi connectivity index (χ2v) is 7.98. The van der Waals surface area contributed by atoms with Gasteiger partial charge in [0.2, 0.25) is 5.91 Å². The van der Waals surface area contributed by atoms with E-state index in [4.69, 9.17) is 10.5 Å². The van der Waals surface area contributed by atoms with Crippen molar-refractivity contribution in [1.29, 1.82) is 0 Å². The molecule has 2 heterocycles. The van der Waals surface area contributed by atoms with Gasteiger partial charge in [0.05, 0.1) is 5.52 Å². The number of halogens is 2. The fourth-order valence-corrected chi connectivity index (χ4v) is 4.45. The topological polar surface area (TPSA) is 60.5 Å². The SMILES string of the molecule is CCN(CCCCn1ccc2ccc(F)cc21)C1COc2c(F)ccc(C(N)=O)c2C1. The molecular formula is C24H27F2N3O2. The number of carbonyl (C=O) groups is 1. The minimum Gasteiger partial charge on any atom is -0.489 e. The zero-order valence-corrected chi connectivity index (χ0v) is 17.6. The summed E-state index contributed by atoms with van der Waals surface area (Å²) in [5.74, 6) is -1.11. The third kappa shape index (κ3) is 4.42. The first-order valence-electron chi connectivity index (χ1n) is 10.7. The molecule has 0 radical (unpaired) electrons. The second kappa shape index (κ2) is 9.06. The first-order valence-corrected chi connectivity index (χ1v) is 10.7. The Kier molecular flexibility index (Phi) is 6.23. The molecule has 0 spiro atoms. The Labute approximate surface area is 180 Å². The number of fused-ring (bicyclic) bond motifs is 2. The monoisotopic (exact) mass is 427 g/mol. The Bertz CT molecular complexity index is 1100. The molecule has 4 rings (SSSR count). The van der Waals surface area contributed by atoms with Crippen LogP contribution in [0.5, 0.6) is 5.75 Å². The van der Waals surface area contributed by atoms with E-state index in [1.54, 1.807) is 12.1 Å². The molecule has 2 N–H and O–H groups in total. The number of benzene rings is 2. The largest absolute Gasteiger partial charge is 0.489 e. The molecule has 0 fully saturated rings. The minimum atomic E-state index is -0.570. The standard InChI is InChI=1S/C24H27F2N3O2/c1-2-28(10-3-4-11-29-12-9-16-5-6-17(25)13-22(16)29)18-14-20-19(24(27)30)7-8-21(26)23(20)31-15-18/h5-9,12-13,18H,2-4,10-11,14-15H2,1H3,(H2,27,30). The highest BCUT2D eigenvalue weighted by Gasteiger charge is 2.29. The predicted octanol–water partition coefficient (Wildman–Crippen LogP) is 4.12. The van der Waals surface area contributed by atoms with Crippen LogP contribution in [-0.2, 0) is 13.0 Å². The molecule has 1 aliphatic rings. The molecule has 3 aromatic rings. The van der Waals surface area contributed by atoms with Crippen molar-refractivity contribution in [1.82, 2.24) is 9.47 Å². The van der Waals surface area contributed by atoms with E-state index in [2.05, 4.69) is 16.4 Å². The van der Waals surface area contributed by atoms with Gasteiger partial charge in [0.1, 0.15) is 12.4 Å². The first kappa shape index (κ1) is 21.3. The summed E-state index contributed by atoms with van der Waals surface area (Å²) in [5.41, 5.74) is 7.27. The van der Waals surface area contributed by atoms with Gasteiger partial charge in [-0.3, -0.25) is 9.69 Å². The normalized spacial score (nSPS) is 15.8. The molecule has 31 heavy (non-hydrogen) atoms. The fourth-order valence-electron chi connectivity index (χ4n) is 4.45. The number of hydrogen-bond acceptors (Lipinski definition) is 3. The molecule has 1 aliphatic heterocycles. The lowest BCUT2D eigenvalue weighted by Crippen LogP contribution is -2.44. The molecule has 164 valence electrons. The van der Waals surface area contributed by atoms with Crippen molar-refractivity contribution in [2.24, 2.45) is 5.73 Å². The Hall–Kier alpha value is -2.93. The molecule has 5 nitrogen and oxygen atoms in total. The maximum absolute atomic E-state index is 14.1. The van der Waals surface area contributed by atoms with Crippen molar-refractivity contribution in [3.05, 3.63) is 65.4 Å². The van der Waals surface area contributed by atoms with E-state index in [0.717, 1.165) is 43.4 Å². The van der Waals surface area contributed by atoms with Crippen LogP contribution in [0.4, 0.5) is 8.78 Å². The van der Waals surface area contributed by atoms with E-state index in [1.165, 1.54) is 18.2 Å². The van der Waals surface area contributed by atoms with Gasteiger partial charge in [0.25, 0.3) is 0 Å².